The smallest absolute Gasteiger partial charge is 0.133 e. The molecule has 6 aromatic carbocycles. The van der Waals surface area contributed by atoms with Crippen molar-refractivity contribution in [3.8, 4) is 66.8 Å². The summed E-state index contributed by atoms with van der Waals surface area (Å²) in [6, 6.07) is 81.3. The van der Waals surface area contributed by atoms with Crippen LogP contribution in [0.15, 0.2) is 363 Å². The molecule has 18 rings (SSSR count). The molecular weight excluding hydrogens is 1160 g/mol. The Hall–Kier alpha value is -13.1. The Morgan fingerprint density at radius 2 is 0.564 bits per heavy atom. The van der Waals surface area contributed by atoms with E-state index in [0.717, 1.165) is 82.4 Å². The highest BCUT2D eigenvalue weighted by Crippen LogP contribution is 2.30. The third kappa shape index (κ3) is 15.0. The molecule has 0 fully saturated rings. The summed E-state index contributed by atoms with van der Waals surface area (Å²) >= 11 is 0. The molecule has 0 saturated carbocycles. The molecule has 0 aliphatic heterocycles. The standard InChI is InChI=1S/4C14H10N2.2C13H9NO/c1-5-12(11-4-2-8-15-10-11)13-6-3-9-16-14(13)7-1;1-4-13(10-15-7-1)11-5-6-14-12(9-11)3-2-8-16-14;1-3-12(11-6-9-15-10-7-11)13-4-2-8-16-14(13)5-1;1-2-13-10-12(3-4-14(13)16-7-1)11-5-8-15-9-6-11;1-2-13-12(5-8-15-13)9-11(1)10-3-6-14-7-4-10;1-2-12(9-14-6-1)10-3-4-13-11(8-10)5-7-15-13/h4*1-10H;2*1-9H. The van der Waals surface area contributed by atoms with Gasteiger partial charge < -0.3 is 8.83 Å². The largest absolute Gasteiger partial charge is 0.464 e. The second-order valence-electron chi connectivity index (χ2n) is 21.4. The molecule has 0 bridgehead atoms. The van der Waals surface area contributed by atoms with Crippen molar-refractivity contribution in [1.82, 2.24) is 49.8 Å². The number of pyridine rings is 10. The number of fused-ring (bicyclic) bond motifs is 6. The summed E-state index contributed by atoms with van der Waals surface area (Å²) in [4.78, 5) is 41.7. The van der Waals surface area contributed by atoms with Gasteiger partial charge in [0.05, 0.1) is 34.6 Å². The topological polar surface area (TPSA) is 155 Å². The first kappa shape index (κ1) is 59.9. The van der Waals surface area contributed by atoms with Gasteiger partial charge in [-0.05, 0) is 202 Å². The van der Waals surface area contributed by atoms with Crippen LogP contribution < -0.4 is 0 Å². The van der Waals surface area contributed by atoms with Crippen molar-refractivity contribution < 1.29 is 8.83 Å². The Morgan fingerprint density at radius 3 is 1.00 bits per heavy atom. The number of rotatable bonds is 6. The molecule has 0 atom stereocenters. The molecule has 0 unspecified atom stereocenters. The van der Waals surface area contributed by atoms with E-state index in [-0.39, 0.29) is 0 Å². The zero-order valence-corrected chi connectivity index (χ0v) is 50.8. The van der Waals surface area contributed by atoms with Gasteiger partial charge in [0.25, 0.3) is 0 Å². The fraction of sp³-hybridized carbons (Fsp3) is 0. The molecule has 0 N–H and O–H groups in total. The monoisotopic (exact) mass is 1210 g/mol. The zero-order valence-electron chi connectivity index (χ0n) is 50.8. The van der Waals surface area contributed by atoms with Crippen LogP contribution in [0.5, 0.6) is 0 Å². The average Bonchev–Trinajstić information content (AvgIpc) is 1.39. The molecule has 448 valence electrons. The van der Waals surface area contributed by atoms with E-state index < -0.39 is 0 Å². The van der Waals surface area contributed by atoms with Gasteiger partial charge in [-0.15, -0.1) is 0 Å². The van der Waals surface area contributed by atoms with Gasteiger partial charge in [0, 0.05) is 148 Å². The Kier molecular flexibility index (Phi) is 19.1. The molecule has 0 amide bonds. The van der Waals surface area contributed by atoms with Gasteiger partial charge in [-0.25, -0.2) is 0 Å². The quantitative estimate of drug-likeness (QED) is 0.156. The van der Waals surface area contributed by atoms with Crippen molar-refractivity contribution in [2.24, 2.45) is 0 Å². The summed E-state index contributed by atoms with van der Waals surface area (Å²) in [6.45, 7) is 0. The minimum Gasteiger partial charge on any atom is -0.464 e. The van der Waals surface area contributed by atoms with E-state index in [1.165, 1.54) is 49.9 Å². The van der Waals surface area contributed by atoms with Gasteiger partial charge in [-0.2, -0.15) is 0 Å². The number of benzene rings is 6. The molecule has 12 heterocycles. The molecular formula is C82H58N10O2. The zero-order chi connectivity index (χ0) is 63.4. The van der Waals surface area contributed by atoms with Crippen LogP contribution in [0.1, 0.15) is 0 Å². The Bertz CT molecular complexity index is 5030. The summed E-state index contributed by atoms with van der Waals surface area (Å²) in [7, 11) is 0. The fourth-order valence-electron chi connectivity index (χ4n) is 10.7. The fourth-order valence-corrected chi connectivity index (χ4v) is 10.7. The second kappa shape index (κ2) is 30.0. The number of hydrogen-bond donors (Lipinski definition) is 0. The van der Waals surface area contributed by atoms with Crippen LogP contribution in [0.25, 0.3) is 132 Å². The normalized spacial score (nSPS) is 10.6. The van der Waals surface area contributed by atoms with Crippen LogP contribution in [-0.4, -0.2) is 49.8 Å². The number of nitrogens with zero attached hydrogens (tertiary/aromatic N) is 10. The maximum absolute atomic E-state index is 5.30. The summed E-state index contributed by atoms with van der Waals surface area (Å²) in [6.07, 6.45) is 32.5. The van der Waals surface area contributed by atoms with Crippen LogP contribution in [0.3, 0.4) is 0 Å². The molecule has 12 nitrogen and oxygen atoms in total. The van der Waals surface area contributed by atoms with Gasteiger partial charge in [-0.1, -0.05) is 91.0 Å². The van der Waals surface area contributed by atoms with Crippen molar-refractivity contribution in [2.75, 3.05) is 0 Å². The molecule has 0 spiro atoms. The van der Waals surface area contributed by atoms with Crippen molar-refractivity contribution in [1.29, 1.82) is 0 Å². The average molecular weight is 1220 g/mol. The van der Waals surface area contributed by atoms with Gasteiger partial charge in [0.15, 0.2) is 0 Å². The van der Waals surface area contributed by atoms with Crippen molar-refractivity contribution in [3.63, 3.8) is 0 Å². The lowest BCUT2D eigenvalue weighted by atomic mass is 10.0. The van der Waals surface area contributed by atoms with Gasteiger partial charge in [0.2, 0.25) is 0 Å². The van der Waals surface area contributed by atoms with E-state index >= 15 is 0 Å². The van der Waals surface area contributed by atoms with Crippen molar-refractivity contribution in [3.05, 3.63) is 354 Å². The van der Waals surface area contributed by atoms with Crippen LogP contribution >= 0.6 is 0 Å². The second-order valence-corrected chi connectivity index (χ2v) is 21.4. The molecule has 18 aromatic rings. The van der Waals surface area contributed by atoms with Crippen LogP contribution in [-0.2, 0) is 0 Å². The Labute approximate surface area is 542 Å². The minimum absolute atomic E-state index is 0.919. The van der Waals surface area contributed by atoms with Crippen LogP contribution in [0.4, 0.5) is 0 Å². The van der Waals surface area contributed by atoms with E-state index in [1.54, 1.807) is 43.5 Å². The molecule has 0 aliphatic rings. The predicted octanol–water partition coefficient (Wildman–Crippen LogP) is 20.2. The van der Waals surface area contributed by atoms with Gasteiger partial charge in [0.1, 0.15) is 11.2 Å². The lowest BCUT2D eigenvalue weighted by molar-refractivity contribution is 0.615. The third-order valence-corrected chi connectivity index (χ3v) is 15.4. The van der Waals surface area contributed by atoms with E-state index in [2.05, 4.69) is 141 Å². The van der Waals surface area contributed by atoms with E-state index in [0.29, 0.717) is 0 Å². The molecule has 12 aromatic heterocycles. The minimum atomic E-state index is 0.919. The Balaban J connectivity index is 0.000000102. The summed E-state index contributed by atoms with van der Waals surface area (Å²) < 4.78 is 10.6. The number of aromatic nitrogens is 10. The summed E-state index contributed by atoms with van der Waals surface area (Å²) in [5.74, 6) is 0. The molecule has 0 saturated heterocycles. The van der Waals surface area contributed by atoms with E-state index in [4.69, 9.17) is 8.83 Å². The molecule has 0 radical (unpaired) electrons. The van der Waals surface area contributed by atoms with E-state index in [1.807, 2.05) is 220 Å². The number of hydrogen-bond acceptors (Lipinski definition) is 12. The van der Waals surface area contributed by atoms with Crippen LogP contribution in [0.2, 0.25) is 0 Å². The molecule has 0 aliphatic carbocycles. The first-order valence-corrected chi connectivity index (χ1v) is 30.4. The summed E-state index contributed by atoms with van der Waals surface area (Å²) in [5, 5.41) is 6.91. The first-order valence-electron chi connectivity index (χ1n) is 30.4. The van der Waals surface area contributed by atoms with Gasteiger partial charge >= 0.3 is 0 Å². The predicted molar refractivity (Wildman–Crippen MR) is 379 cm³/mol. The lowest BCUT2D eigenvalue weighted by Gasteiger charge is -2.05. The molecule has 12 heteroatoms. The van der Waals surface area contributed by atoms with E-state index in [9.17, 15) is 0 Å². The highest BCUT2D eigenvalue weighted by molar-refractivity contribution is 5.95. The number of furan rings is 2. The Morgan fingerprint density at radius 1 is 0.202 bits per heavy atom. The highest BCUT2D eigenvalue weighted by Gasteiger charge is 2.07. The lowest BCUT2D eigenvalue weighted by Crippen LogP contribution is -1.83. The maximum atomic E-state index is 5.30. The highest BCUT2D eigenvalue weighted by atomic mass is 16.3. The summed E-state index contributed by atoms with van der Waals surface area (Å²) in [5.41, 5.74) is 20.0. The maximum Gasteiger partial charge on any atom is 0.133 e. The third-order valence-electron chi connectivity index (χ3n) is 15.4. The SMILES string of the molecule is c1cc(-c2ccc3occc3c2)ccn1.c1cc(-c2ccncc2)c2cccnc2c1.c1cnc2ccc(-c3ccncc3)cc2c1.c1cncc(-c2ccc3ncccc3c2)c1.c1cncc(-c2ccc3occc3c2)c1.c1cncc(-c2cccc3ncccc23)c1. The first-order chi connectivity index (χ1) is 46.6. The van der Waals surface area contributed by atoms with Crippen molar-refractivity contribution in [2.45, 2.75) is 0 Å². The van der Waals surface area contributed by atoms with Gasteiger partial charge in [-0.3, -0.25) is 49.8 Å². The molecule has 94 heavy (non-hydrogen) atoms. The van der Waals surface area contributed by atoms with Crippen LogP contribution in [0, 0.1) is 0 Å². The van der Waals surface area contributed by atoms with Crippen molar-refractivity contribution >= 4 is 65.6 Å².